The highest BCUT2D eigenvalue weighted by atomic mass is 16.6. The van der Waals surface area contributed by atoms with Crippen LogP contribution in [0.25, 0.3) is 17.0 Å². The number of fused-ring (bicyclic) bond motifs is 1. The molecule has 1 atom stereocenters. The van der Waals surface area contributed by atoms with Gasteiger partial charge in [-0.05, 0) is 61.8 Å². The number of β-amino-alcohol motifs (C(OH)–C–C–N with tert-alkyl or cyclic N) is 1. The Hall–Kier alpha value is -3.33. The van der Waals surface area contributed by atoms with Crippen molar-refractivity contribution in [3.63, 3.8) is 0 Å². The van der Waals surface area contributed by atoms with E-state index >= 15 is 0 Å². The second-order valence-corrected chi connectivity index (χ2v) is 8.50. The predicted octanol–water partition coefficient (Wildman–Crippen LogP) is 3.95. The van der Waals surface area contributed by atoms with E-state index in [9.17, 15) is 15.2 Å². The second-order valence-electron chi connectivity index (χ2n) is 8.50. The van der Waals surface area contributed by atoms with Crippen molar-refractivity contribution < 1.29 is 14.8 Å². The lowest BCUT2D eigenvalue weighted by molar-refractivity contribution is -0.385. The molecule has 0 aliphatic carbocycles. The number of benzene rings is 2. The van der Waals surface area contributed by atoms with Crippen molar-refractivity contribution in [1.82, 2.24) is 15.2 Å². The molecular weight excluding hydrogens is 432 g/mol. The molecule has 1 fully saturated rings. The fraction of sp³-hybridized carbons (Fsp3) is 0.346. The molecule has 1 saturated heterocycles. The highest BCUT2D eigenvalue weighted by molar-refractivity contribution is 5.83. The van der Waals surface area contributed by atoms with Gasteiger partial charge in [-0.3, -0.25) is 15.1 Å². The fourth-order valence-electron chi connectivity index (χ4n) is 4.44. The fourth-order valence-corrected chi connectivity index (χ4v) is 4.44. The second kappa shape index (κ2) is 11.2. The van der Waals surface area contributed by atoms with Crippen LogP contribution in [0.3, 0.4) is 0 Å². The van der Waals surface area contributed by atoms with Gasteiger partial charge in [-0.1, -0.05) is 24.3 Å². The van der Waals surface area contributed by atoms with Gasteiger partial charge in [0.2, 0.25) is 0 Å². The minimum absolute atomic E-state index is 0.117. The Morgan fingerprint density at radius 2 is 2.06 bits per heavy atom. The normalized spacial score (nSPS) is 16.2. The first-order valence-electron chi connectivity index (χ1n) is 11.5. The number of piperidine rings is 1. The van der Waals surface area contributed by atoms with Crippen molar-refractivity contribution in [3.05, 3.63) is 82.0 Å². The van der Waals surface area contributed by atoms with Crippen LogP contribution in [0.15, 0.2) is 60.8 Å². The SMILES string of the molecule is COc1ccc2nccc([C@@H](O)CN3CCC(NC/C=C/c4ccccc4[N+](=O)[O-])CC3)c2c1. The molecule has 2 aromatic carbocycles. The molecule has 0 bridgehead atoms. The van der Waals surface area contributed by atoms with E-state index in [2.05, 4.69) is 15.2 Å². The third-order valence-corrected chi connectivity index (χ3v) is 6.32. The van der Waals surface area contributed by atoms with Gasteiger partial charge in [-0.25, -0.2) is 0 Å². The predicted molar refractivity (Wildman–Crippen MR) is 133 cm³/mol. The zero-order chi connectivity index (χ0) is 23.9. The lowest BCUT2D eigenvalue weighted by Crippen LogP contribution is -2.43. The number of nitrogens with zero attached hydrogens (tertiary/aromatic N) is 3. The minimum atomic E-state index is -0.605. The maximum Gasteiger partial charge on any atom is 0.276 e. The number of hydrogen-bond donors (Lipinski definition) is 2. The van der Waals surface area contributed by atoms with Crippen molar-refractivity contribution in [2.24, 2.45) is 0 Å². The Bertz CT molecular complexity index is 1160. The number of aromatic nitrogens is 1. The van der Waals surface area contributed by atoms with E-state index in [-0.39, 0.29) is 10.6 Å². The number of aliphatic hydroxyl groups excluding tert-OH is 1. The van der Waals surface area contributed by atoms with E-state index in [4.69, 9.17) is 4.74 Å². The Morgan fingerprint density at radius 3 is 2.82 bits per heavy atom. The van der Waals surface area contributed by atoms with Gasteiger partial charge in [-0.15, -0.1) is 0 Å². The van der Waals surface area contributed by atoms with Gasteiger partial charge in [0, 0.05) is 36.8 Å². The molecule has 3 aromatic rings. The summed E-state index contributed by atoms with van der Waals surface area (Å²) >= 11 is 0. The Balaban J connectivity index is 1.27. The highest BCUT2D eigenvalue weighted by Gasteiger charge is 2.22. The molecule has 8 heteroatoms. The third kappa shape index (κ3) is 5.77. The number of pyridine rings is 1. The van der Waals surface area contributed by atoms with Crippen LogP contribution < -0.4 is 10.1 Å². The van der Waals surface area contributed by atoms with Crippen LogP contribution >= 0.6 is 0 Å². The van der Waals surface area contributed by atoms with Crippen LogP contribution in [-0.2, 0) is 0 Å². The van der Waals surface area contributed by atoms with E-state index in [0.29, 0.717) is 24.7 Å². The number of nitro groups is 1. The number of methoxy groups -OCH3 is 1. The zero-order valence-corrected chi connectivity index (χ0v) is 19.3. The number of nitrogens with one attached hydrogen (secondary N) is 1. The number of rotatable bonds is 9. The molecule has 1 aromatic heterocycles. The van der Waals surface area contributed by atoms with Crippen LogP contribution in [0.4, 0.5) is 5.69 Å². The van der Waals surface area contributed by atoms with E-state index in [0.717, 1.165) is 48.1 Å². The summed E-state index contributed by atoms with van der Waals surface area (Å²) in [6, 6.07) is 14.7. The Kier molecular flexibility index (Phi) is 7.84. The van der Waals surface area contributed by atoms with E-state index in [1.165, 1.54) is 6.07 Å². The van der Waals surface area contributed by atoms with Gasteiger partial charge in [0.15, 0.2) is 0 Å². The summed E-state index contributed by atoms with van der Waals surface area (Å²) in [6.45, 7) is 3.02. The van der Waals surface area contributed by atoms with Crippen LogP contribution in [0.1, 0.15) is 30.1 Å². The molecule has 2 heterocycles. The molecule has 0 spiro atoms. The first-order chi connectivity index (χ1) is 16.5. The summed E-state index contributed by atoms with van der Waals surface area (Å²) < 4.78 is 5.34. The standard InChI is InChI=1S/C26H30N4O4/c1-34-21-8-9-24-23(17-21)22(10-14-28-24)26(31)18-29-15-11-20(12-16-29)27-13-4-6-19-5-2-3-7-25(19)30(32)33/h2-10,14,17,20,26-27,31H,11-13,15-16,18H2,1H3/b6-4+/t26-/m0/s1. The molecule has 0 amide bonds. The average Bonchev–Trinajstić information content (AvgIpc) is 2.87. The van der Waals surface area contributed by atoms with Crippen molar-refractivity contribution in [2.45, 2.75) is 25.0 Å². The minimum Gasteiger partial charge on any atom is -0.497 e. The van der Waals surface area contributed by atoms with Crippen molar-refractivity contribution >= 4 is 22.7 Å². The maximum absolute atomic E-state index is 11.1. The monoisotopic (exact) mass is 462 g/mol. The first-order valence-corrected chi connectivity index (χ1v) is 11.5. The summed E-state index contributed by atoms with van der Waals surface area (Å²) in [7, 11) is 1.63. The molecule has 34 heavy (non-hydrogen) atoms. The van der Waals surface area contributed by atoms with Crippen molar-refractivity contribution in [1.29, 1.82) is 0 Å². The van der Waals surface area contributed by atoms with Gasteiger partial charge in [0.05, 0.1) is 29.2 Å². The molecule has 0 unspecified atom stereocenters. The third-order valence-electron chi connectivity index (χ3n) is 6.32. The zero-order valence-electron chi connectivity index (χ0n) is 19.3. The van der Waals surface area contributed by atoms with Gasteiger partial charge >= 0.3 is 0 Å². The van der Waals surface area contributed by atoms with Crippen LogP contribution in [-0.4, -0.2) is 59.2 Å². The largest absolute Gasteiger partial charge is 0.497 e. The summed E-state index contributed by atoms with van der Waals surface area (Å²) in [5.41, 5.74) is 2.43. The van der Waals surface area contributed by atoms with Crippen molar-refractivity contribution in [2.75, 3.05) is 33.3 Å². The number of ether oxygens (including phenoxy) is 1. The molecule has 8 nitrogen and oxygen atoms in total. The molecule has 2 N–H and O–H groups in total. The van der Waals surface area contributed by atoms with Crippen LogP contribution in [0.2, 0.25) is 0 Å². The first kappa shape index (κ1) is 23.8. The lowest BCUT2D eigenvalue weighted by atomic mass is 10.0. The molecule has 0 radical (unpaired) electrons. The summed E-state index contributed by atoms with van der Waals surface area (Å²) in [5, 5.41) is 26.5. The Labute approximate surface area is 199 Å². The molecule has 1 aliphatic heterocycles. The van der Waals surface area contributed by atoms with Gasteiger partial charge in [0.25, 0.3) is 5.69 Å². The van der Waals surface area contributed by atoms with E-state index < -0.39 is 6.10 Å². The number of para-hydroxylation sites is 1. The molecular formula is C26H30N4O4. The lowest BCUT2D eigenvalue weighted by Gasteiger charge is -2.33. The highest BCUT2D eigenvalue weighted by Crippen LogP contribution is 2.28. The topological polar surface area (TPSA) is 101 Å². The van der Waals surface area contributed by atoms with Crippen molar-refractivity contribution in [3.8, 4) is 5.75 Å². The van der Waals surface area contributed by atoms with Crippen LogP contribution in [0, 0.1) is 10.1 Å². The van der Waals surface area contributed by atoms with E-state index in [1.807, 2.05) is 30.3 Å². The smallest absolute Gasteiger partial charge is 0.276 e. The maximum atomic E-state index is 11.1. The summed E-state index contributed by atoms with van der Waals surface area (Å²) in [4.78, 5) is 17.4. The molecule has 4 rings (SSSR count). The van der Waals surface area contributed by atoms with Crippen LogP contribution in [0.5, 0.6) is 5.75 Å². The summed E-state index contributed by atoms with van der Waals surface area (Å²) in [6.07, 6.45) is 6.83. The summed E-state index contributed by atoms with van der Waals surface area (Å²) in [5.74, 6) is 0.747. The molecule has 1 aliphatic rings. The number of aliphatic hydroxyl groups is 1. The van der Waals surface area contributed by atoms with Gasteiger partial charge in [0.1, 0.15) is 5.75 Å². The van der Waals surface area contributed by atoms with Gasteiger partial charge in [-0.2, -0.15) is 0 Å². The average molecular weight is 463 g/mol. The molecule has 178 valence electrons. The number of hydrogen-bond acceptors (Lipinski definition) is 7. The quantitative estimate of drug-likeness (QED) is 0.367. The molecule has 0 saturated carbocycles. The van der Waals surface area contributed by atoms with Gasteiger partial charge < -0.3 is 20.1 Å². The Morgan fingerprint density at radius 1 is 1.26 bits per heavy atom. The number of nitro benzene ring substituents is 1. The number of likely N-dealkylation sites (tertiary alicyclic amines) is 1. The van der Waals surface area contributed by atoms with E-state index in [1.54, 1.807) is 37.6 Å².